The van der Waals surface area contributed by atoms with Gasteiger partial charge < -0.3 is 10.2 Å². The summed E-state index contributed by atoms with van der Waals surface area (Å²) in [5.41, 5.74) is 3.04. The van der Waals surface area contributed by atoms with E-state index in [9.17, 15) is 5.26 Å². The van der Waals surface area contributed by atoms with Crippen LogP contribution in [0.5, 0.6) is 0 Å². The lowest BCUT2D eigenvalue weighted by molar-refractivity contribution is 0.549. The van der Waals surface area contributed by atoms with Crippen LogP contribution in [0.1, 0.15) is 17.5 Å². The number of nitrogens with zero attached hydrogens (tertiary/aromatic N) is 2. The maximum Gasteiger partial charge on any atom is 0.101 e. The molecule has 0 aliphatic carbocycles. The fourth-order valence-electron chi connectivity index (χ4n) is 2.52. The van der Waals surface area contributed by atoms with Crippen LogP contribution in [0.3, 0.4) is 0 Å². The monoisotopic (exact) mass is 229 g/mol. The molecule has 1 saturated heterocycles. The second kappa shape index (κ2) is 5.20. The van der Waals surface area contributed by atoms with E-state index in [4.69, 9.17) is 0 Å². The van der Waals surface area contributed by atoms with E-state index in [0.717, 1.165) is 36.4 Å². The third kappa shape index (κ3) is 2.59. The zero-order chi connectivity index (χ0) is 12.3. The van der Waals surface area contributed by atoms with Gasteiger partial charge in [0.25, 0.3) is 0 Å². The summed E-state index contributed by atoms with van der Waals surface area (Å²) >= 11 is 0. The number of nitrogens with one attached hydrogen (secondary N) is 1. The first-order chi connectivity index (χ1) is 8.24. The van der Waals surface area contributed by atoms with Crippen molar-refractivity contribution in [1.82, 2.24) is 5.32 Å². The normalized spacial score (nSPS) is 19.4. The Bertz CT molecular complexity index is 434. The first kappa shape index (κ1) is 11.9. The number of anilines is 1. The number of benzene rings is 1. The summed E-state index contributed by atoms with van der Waals surface area (Å²) in [7, 11) is 2.00. The number of nitriles is 1. The second-order valence-electron chi connectivity index (χ2n) is 4.79. The molecular formula is C14H19N3. The van der Waals surface area contributed by atoms with Crippen LogP contribution >= 0.6 is 0 Å². The van der Waals surface area contributed by atoms with Crippen molar-refractivity contribution in [1.29, 1.82) is 5.26 Å². The van der Waals surface area contributed by atoms with Crippen LogP contribution in [0.25, 0.3) is 0 Å². The summed E-state index contributed by atoms with van der Waals surface area (Å²) < 4.78 is 0. The molecule has 1 N–H and O–H groups in total. The maximum absolute atomic E-state index is 9.18. The molecule has 1 atom stereocenters. The molecule has 1 heterocycles. The SMILES string of the molecule is CNCC1CCN(c2ccc(C)cc2C#N)C1. The van der Waals surface area contributed by atoms with Crippen molar-refractivity contribution in [2.45, 2.75) is 13.3 Å². The molecule has 0 bridgehead atoms. The predicted molar refractivity (Wildman–Crippen MR) is 70.1 cm³/mol. The molecule has 1 aliphatic heterocycles. The van der Waals surface area contributed by atoms with Gasteiger partial charge in [0.2, 0.25) is 0 Å². The quantitative estimate of drug-likeness (QED) is 0.860. The maximum atomic E-state index is 9.18. The first-order valence-corrected chi connectivity index (χ1v) is 6.15. The number of rotatable bonds is 3. The summed E-state index contributed by atoms with van der Waals surface area (Å²) in [5, 5.41) is 12.4. The highest BCUT2D eigenvalue weighted by atomic mass is 15.2. The topological polar surface area (TPSA) is 39.1 Å². The summed E-state index contributed by atoms with van der Waals surface area (Å²) in [6.07, 6.45) is 1.21. The van der Waals surface area contributed by atoms with Crippen LogP contribution in [0, 0.1) is 24.2 Å². The zero-order valence-corrected chi connectivity index (χ0v) is 10.5. The van der Waals surface area contributed by atoms with E-state index in [-0.39, 0.29) is 0 Å². The highest BCUT2D eigenvalue weighted by Gasteiger charge is 2.23. The minimum Gasteiger partial charge on any atom is -0.370 e. The lowest BCUT2D eigenvalue weighted by Gasteiger charge is -2.20. The Morgan fingerprint density at radius 3 is 3.06 bits per heavy atom. The van der Waals surface area contributed by atoms with Crippen LogP contribution < -0.4 is 10.2 Å². The van der Waals surface area contributed by atoms with Gasteiger partial charge in [-0.05, 0) is 50.6 Å². The zero-order valence-electron chi connectivity index (χ0n) is 10.5. The summed E-state index contributed by atoms with van der Waals surface area (Å²) in [6, 6.07) is 8.44. The Kier molecular flexibility index (Phi) is 3.65. The van der Waals surface area contributed by atoms with Crippen molar-refractivity contribution in [3.05, 3.63) is 29.3 Å². The van der Waals surface area contributed by atoms with Gasteiger partial charge in [0.05, 0.1) is 11.3 Å². The van der Waals surface area contributed by atoms with Gasteiger partial charge in [-0.2, -0.15) is 5.26 Å². The highest BCUT2D eigenvalue weighted by Crippen LogP contribution is 2.27. The molecule has 0 aromatic heterocycles. The molecule has 0 saturated carbocycles. The Labute approximate surface area is 103 Å². The largest absolute Gasteiger partial charge is 0.370 e. The number of hydrogen-bond donors (Lipinski definition) is 1. The van der Waals surface area contributed by atoms with Crippen molar-refractivity contribution >= 4 is 5.69 Å². The molecule has 1 unspecified atom stereocenters. The minimum absolute atomic E-state index is 0.702. The number of aryl methyl sites for hydroxylation is 1. The standard InChI is InChI=1S/C14H19N3/c1-11-3-4-14(13(7-11)8-15)17-6-5-12(10-17)9-16-2/h3-4,7,12,16H,5-6,9-10H2,1-2H3. The average molecular weight is 229 g/mol. The van der Waals surface area contributed by atoms with Crippen molar-refractivity contribution in [2.24, 2.45) is 5.92 Å². The summed E-state index contributed by atoms with van der Waals surface area (Å²) in [6.45, 7) is 5.20. The smallest absolute Gasteiger partial charge is 0.101 e. The predicted octanol–water partition coefficient (Wildman–Crippen LogP) is 1.91. The molecule has 17 heavy (non-hydrogen) atoms. The lowest BCUT2D eigenvalue weighted by Crippen LogP contribution is -2.24. The van der Waals surface area contributed by atoms with Gasteiger partial charge in [0.15, 0.2) is 0 Å². The van der Waals surface area contributed by atoms with Gasteiger partial charge in [0.1, 0.15) is 6.07 Å². The van der Waals surface area contributed by atoms with Crippen molar-refractivity contribution in [3.63, 3.8) is 0 Å². The molecule has 3 nitrogen and oxygen atoms in total. The minimum atomic E-state index is 0.702. The Morgan fingerprint density at radius 2 is 2.35 bits per heavy atom. The average Bonchev–Trinajstić information content (AvgIpc) is 2.78. The summed E-state index contributed by atoms with van der Waals surface area (Å²) in [5.74, 6) is 0.702. The molecule has 3 heteroatoms. The Morgan fingerprint density at radius 1 is 1.53 bits per heavy atom. The number of hydrogen-bond acceptors (Lipinski definition) is 3. The van der Waals surface area contributed by atoms with Gasteiger partial charge in [-0.25, -0.2) is 0 Å². The fourth-order valence-corrected chi connectivity index (χ4v) is 2.52. The molecule has 0 radical (unpaired) electrons. The van der Waals surface area contributed by atoms with Crippen LogP contribution in [-0.4, -0.2) is 26.7 Å². The van der Waals surface area contributed by atoms with Crippen LogP contribution in [0.2, 0.25) is 0 Å². The van der Waals surface area contributed by atoms with E-state index < -0.39 is 0 Å². The van der Waals surface area contributed by atoms with Gasteiger partial charge in [-0.3, -0.25) is 0 Å². The van der Waals surface area contributed by atoms with E-state index in [1.165, 1.54) is 6.42 Å². The van der Waals surface area contributed by atoms with Gasteiger partial charge in [0, 0.05) is 13.1 Å². The highest BCUT2D eigenvalue weighted by molar-refractivity contribution is 5.60. The van der Waals surface area contributed by atoms with Crippen LogP contribution in [0.15, 0.2) is 18.2 Å². The molecule has 1 aromatic carbocycles. The van der Waals surface area contributed by atoms with Crippen LogP contribution in [0.4, 0.5) is 5.69 Å². The van der Waals surface area contributed by atoms with Gasteiger partial charge in [-0.1, -0.05) is 6.07 Å². The van der Waals surface area contributed by atoms with Gasteiger partial charge in [-0.15, -0.1) is 0 Å². The molecule has 1 aliphatic rings. The Hall–Kier alpha value is -1.53. The van der Waals surface area contributed by atoms with Crippen molar-refractivity contribution in [2.75, 3.05) is 31.6 Å². The van der Waals surface area contributed by atoms with Gasteiger partial charge >= 0.3 is 0 Å². The van der Waals surface area contributed by atoms with E-state index in [2.05, 4.69) is 28.4 Å². The Balaban J connectivity index is 2.16. The van der Waals surface area contributed by atoms with E-state index >= 15 is 0 Å². The summed E-state index contributed by atoms with van der Waals surface area (Å²) in [4.78, 5) is 2.33. The first-order valence-electron chi connectivity index (χ1n) is 6.15. The third-order valence-electron chi connectivity index (χ3n) is 3.39. The van der Waals surface area contributed by atoms with E-state index in [1.807, 2.05) is 20.0 Å². The molecule has 2 rings (SSSR count). The van der Waals surface area contributed by atoms with Crippen LogP contribution in [-0.2, 0) is 0 Å². The molecular weight excluding hydrogens is 210 g/mol. The van der Waals surface area contributed by atoms with Crippen molar-refractivity contribution in [3.8, 4) is 6.07 Å². The second-order valence-corrected chi connectivity index (χ2v) is 4.79. The molecule has 0 spiro atoms. The lowest BCUT2D eigenvalue weighted by atomic mass is 10.1. The van der Waals surface area contributed by atoms with E-state index in [0.29, 0.717) is 5.92 Å². The van der Waals surface area contributed by atoms with E-state index in [1.54, 1.807) is 0 Å². The molecule has 0 amide bonds. The molecule has 1 aromatic rings. The third-order valence-corrected chi connectivity index (χ3v) is 3.39. The van der Waals surface area contributed by atoms with Crippen molar-refractivity contribution < 1.29 is 0 Å². The molecule has 90 valence electrons. The molecule has 1 fully saturated rings. The fraction of sp³-hybridized carbons (Fsp3) is 0.500.